The third-order valence-electron chi connectivity index (χ3n) is 5.02. The van der Waals surface area contributed by atoms with Gasteiger partial charge in [0.25, 0.3) is 0 Å². The molecule has 0 amide bonds. The molecule has 9 heteroatoms. The molecule has 0 aliphatic carbocycles. The quantitative estimate of drug-likeness (QED) is 0.532. The van der Waals surface area contributed by atoms with Crippen molar-refractivity contribution >= 4 is 28.5 Å². The van der Waals surface area contributed by atoms with Gasteiger partial charge in [-0.15, -0.1) is 0 Å². The van der Waals surface area contributed by atoms with Crippen LogP contribution < -0.4 is 5.73 Å². The maximum atomic E-state index is 10.9. The summed E-state index contributed by atoms with van der Waals surface area (Å²) in [4.78, 5) is 8.12. The summed E-state index contributed by atoms with van der Waals surface area (Å²) in [5.41, 5.74) is 5.07. The van der Waals surface area contributed by atoms with Crippen molar-refractivity contribution < 1.29 is 20.1 Å². The molecule has 8 nitrogen and oxygen atoms in total. The van der Waals surface area contributed by atoms with E-state index in [0.29, 0.717) is 27.4 Å². The monoisotopic (exact) mass is 390 g/mol. The van der Waals surface area contributed by atoms with Crippen LogP contribution in [0.4, 0.5) is 5.82 Å². The Labute approximate surface area is 159 Å². The first-order chi connectivity index (χ1) is 12.8. The summed E-state index contributed by atoms with van der Waals surface area (Å²) in [5, 5.41) is 33.4. The number of hydrogen-bond acceptors (Lipinski definition) is 7. The van der Waals surface area contributed by atoms with E-state index in [4.69, 9.17) is 22.1 Å². The zero-order valence-corrected chi connectivity index (χ0v) is 15.2. The average Bonchev–Trinajstić information content (AvgIpc) is 3.15. The van der Waals surface area contributed by atoms with E-state index in [0.717, 1.165) is 0 Å². The SMILES string of the molecule is C[C@@]1(O)[C@@H]([C@H](O)c2cccc(Cl)c2)O[C@@H](n2ccc3c(N)ncnc32)[C@@H]1O. The molecule has 0 spiro atoms. The van der Waals surface area contributed by atoms with Crippen LogP contribution in [0.1, 0.15) is 24.8 Å². The normalized spacial score (nSPS) is 29.3. The van der Waals surface area contributed by atoms with E-state index >= 15 is 0 Å². The van der Waals surface area contributed by atoms with Gasteiger partial charge >= 0.3 is 0 Å². The lowest BCUT2D eigenvalue weighted by Crippen LogP contribution is -2.47. The lowest BCUT2D eigenvalue weighted by Gasteiger charge is -2.29. The molecule has 5 N–H and O–H groups in total. The minimum atomic E-state index is -1.72. The van der Waals surface area contributed by atoms with Crippen LogP contribution in [0.2, 0.25) is 5.02 Å². The first-order valence-corrected chi connectivity index (χ1v) is 8.75. The predicted octanol–water partition coefficient (Wildman–Crippen LogP) is 1.41. The molecule has 1 fully saturated rings. The summed E-state index contributed by atoms with van der Waals surface area (Å²) in [5.74, 6) is 0.300. The number of nitrogen functional groups attached to an aromatic ring is 1. The number of hydrogen-bond donors (Lipinski definition) is 4. The highest BCUT2D eigenvalue weighted by molar-refractivity contribution is 6.30. The van der Waals surface area contributed by atoms with Gasteiger partial charge in [0.15, 0.2) is 6.23 Å². The zero-order chi connectivity index (χ0) is 19.3. The number of nitrogens with zero attached hydrogens (tertiary/aromatic N) is 3. The van der Waals surface area contributed by atoms with Gasteiger partial charge in [0.2, 0.25) is 0 Å². The first-order valence-electron chi connectivity index (χ1n) is 8.37. The van der Waals surface area contributed by atoms with Crippen LogP contribution in [0.5, 0.6) is 0 Å². The fourth-order valence-electron chi connectivity index (χ4n) is 3.49. The second kappa shape index (κ2) is 6.43. The Morgan fingerprint density at radius 3 is 2.85 bits per heavy atom. The lowest BCUT2D eigenvalue weighted by atomic mass is 9.88. The van der Waals surface area contributed by atoms with Crippen LogP contribution in [0.15, 0.2) is 42.9 Å². The van der Waals surface area contributed by atoms with Crippen molar-refractivity contribution in [2.45, 2.75) is 37.1 Å². The van der Waals surface area contributed by atoms with Crippen LogP contribution in [0, 0.1) is 0 Å². The molecular formula is C18H19ClN4O4. The summed E-state index contributed by atoms with van der Waals surface area (Å²) in [7, 11) is 0. The van der Waals surface area contributed by atoms with Crippen molar-refractivity contribution in [3.05, 3.63) is 53.4 Å². The number of rotatable bonds is 3. The molecule has 0 bridgehead atoms. The highest BCUT2D eigenvalue weighted by Gasteiger charge is 2.55. The molecule has 3 aromatic rings. The van der Waals surface area contributed by atoms with Crippen molar-refractivity contribution in [1.29, 1.82) is 0 Å². The molecular weight excluding hydrogens is 372 g/mol. The van der Waals surface area contributed by atoms with Crippen molar-refractivity contribution in [2.24, 2.45) is 0 Å². The second-order valence-corrected chi connectivity index (χ2v) is 7.27. The molecule has 2 aromatic heterocycles. The molecule has 1 aromatic carbocycles. The van der Waals surface area contributed by atoms with Gasteiger partial charge in [-0.25, -0.2) is 9.97 Å². The zero-order valence-electron chi connectivity index (χ0n) is 14.4. The molecule has 3 heterocycles. The topological polar surface area (TPSA) is 127 Å². The summed E-state index contributed by atoms with van der Waals surface area (Å²) >= 11 is 5.99. The summed E-state index contributed by atoms with van der Waals surface area (Å²) in [6, 6.07) is 8.34. The molecule has 1 saturated heterocycles. The second-order valence-electron chi connectivity index (χ2n) is 6.84. The predicted molar refractivity (Wildman–Crippen MR) is 98.9 cm³/mol. The molecule has 0 saturated carbocycles. The fraction of sp³-hybridized carbons (Fsp3) is 0.333. The van der Waals surface area contributed by atoms with Gasteiger partial charge < -0.3 is 30.4 Å². The van der Waals surface area contributed by atoms with E-state index in [1.165, 1.54) is 13.3 Å². The standard InChI is InChI=1S/C18H19ClN4O4/c1-18(26)13(25)17(23-6-5-11-15(20)21-8-22-16(11)23)27-14(18)12(24)9-3-2-4-10(19)7-9/h2-8,12-14,17,24-26H,1H3,(H2,20,21,22)/t12-,13+,14-,17-,18+/m1/s1. The Morgan fingerprint density at radius 1 is 1.33 bits per heavy atom. The van der Waals surface area contributed by atoms with Crippen LogP contribution in [-0.4, -0.2) is 47.7 Å². The maximum absolute atomic E-state index is 10.9. The van der Waals surface area contributed by atoms with Gasteiger partial charge in [0.1, 0.15) is 41.7 Å². The number of aliphatic hydroxyl groups is 3. The highest BCUT2D eigenvalue weighted by atomic mass is 35.5. The van der Waals surface area contributed by atoms with Crippen LogP contribution in [0.25, 0.3) is 11.0 Å². The van der Waals surface area contributed by atoms with Gasteiger partial charge in [-0.05, 0) is 30.7 Å². The largest absolute Gasteiger partial charge is 0.386 e. The Hall–Kier alpha value is -2.23. The average molecular weight is 391 g/mol. The molecule has 0 unspecified atom stereocenters. The van der Waals surface area contributed by atoms with Gasteiger partial charge in [-0.2, -0.15) is 0 Å². The first kappa shape index (κ1) is 18.1. The number of nitrogens with two attached hydrogens (primary N) is 1. The third kappa shape index (κ3) is 2.86. The molecule has 1 aliphatic rings. The summed E-state index contributed by atoms with van der Waals surface area (Å²) < 4.78 is 7.47. The van der Waals surface area contributed by atoms with E-state index in [-0.39, 0.29) is 0 Å². The number of halogens is 1. The third-order valence-corrected chi connectivity index (χ3v) is 5.26. The smallest absolute Gasteiger partial charge is 0.164 e. The number of fused-ring (bicyclic) bond motifs is 1. The molecule has 0 radical (unpaired) electrons. The van der Waals surface area contributed by atoms with E-state index < -0.39 is 30.1 Å². The Morgan fingerprint density at radius 2 is 2.11 bits per heavy atom. The minimum absolute atomic E-state index is 0.300. The van der Waals surface area contributed by atoms with Crippen LogP contribution in [-0.2, 0) is 4.74 Å². The van der Waals surface area contributed by atoms with E-state index in [1.54, 1.807) is 41.1 Å². The summed E-state index contributed by atoms with van der Waals surface area (Å²) in [6.07, 6.45) is -1.61. The van der Waals surface area contributed by atoms with Gasteiger partial charge in [-0.1, -0.05) is 23.7 Å². The lowest BCUT2D eigenvalue weighted by molar-refractivity contribution is -0.115. The Bertz CT molecular complexity index is 992. The van der Waals surface area contributed by atoms with Crippen molar-refractivity contribution in [2.75, 3.05) is 5.73 Å². The Balaban J connectivity index is 1.71. The van der Waals surface area contributed by atoms with E-state index in [1.807, 2.05) is 0 Å². The molecule has 142 valence electrons. The number of anilines is 1. The van der Waals surface area contributed by atoms with Crippen LogP contribution in [0.3, 0.4) is 0 Å². The number of benzene rings is 1. The molecule has 1 aliphatic heterocycles. The Kier molecular flexibility index (Phi) is 4.32. The minimum Gasteiger partial charge on any atom is -0.386 e. The maximum Gasteiger partial charge on any atom is 0.164 e. The molecule has 4 rings (SSSR count). The van der Waals surface area contributed by atoms with Crippen LogP contribution >= 0.6 is 11.6 Å². The summed E-state index contributed by atoms with van der Waals surface area (Å²) in [6.45, 7) is 1.42. The number of aliphatic hydroxyl groups excluding tert-OH is 2. The molecule has 5 atom stereocenters. The highest BCUT2D eigenvalue weighted by Crippen LogP contribution is 2.43. The number of aromatic nitrogens is 3. The van der Waals surface area contributed by atoms with Crippen molar-refractivity contribution in [3.8, 4) is 0 Å². The molecule has 27 heavy (non-hydrogen) atoms. The van der Waals surface area contributed by atoms with Gasteiger partial charge in [0.05, 0.1) is 5.39 Å². The number of ether oxygens (including phenoxy) is 1. The van der Waals surface area contributed by atoms with Gasteiger partial charge in [-0.3, -0.25) is 0 Å². The van der Waals surface area contributed by atoms with Crippen molar-refractivity contribution in [3.63, 3.8) is 0 Å². The fourth-order valence-corrected chi connectivity index (χ4v) is 3.69. The van der Waals surface area contributed by atoms with E-state index in [9.17, 15) is 15.3 Å². The van der Waals surface area contributed by atoms with Gasteiger partial charge in [0, 0.05) is 11.2 Å². The van der Waals surface area contributed by atoms with E-state index in [2.05, 4.69) is 9.97 Å². The van der Waals surface area contributed by atoms with Crippen molar-refractivity contribution in [1.82, 2.24) is 14.5 Å².